The third kappa shape index (κ3) is 3.46. The second kappa shape index (κ2) is 8.21. The molecular formula is C23H30N4O. The number of amides is 1. The topological polar surface area (TPSA) is 53.9 Å². The van der Waals surface area contributed by atoms with E-state index in [9.17, 15) is 4.79 Å². The Bertz CT molecular complexity index is 955. The van der Waals surface area contributed by atoms with Gasteiger partial charge in [-0.1, -0.05) is 38.5 Å². The molecule has 0 radical (unpaired) electrons. The highest BCUT2D eigenvalue weighted by Crippen LogP contribution is 2.29. The van der Waals surface area contributed by atoms with Crippen molar-refractivity contribution in [2.24, 2.45) is 0 Å². The van der Waals surface area contributed by atoms with Gasteiger partial charge in [0.25, 0.3) is 5.91 Å². The Kier molecular flexibility index (Phi) is 5.51. The Hall–Kier alpha value is -2.56. The van der Waals surface area contributed by atoms with E-state index in [2.05, 4.69) is 46.7 Å². The number of nitrogens with one attached hydrogen (secondary N) is 1. The molecule has 1 atom stereocenters. The molecule has 1 aliphatic heterocycles. The van der Waals surface area contributed by atoms with Gasteiger partial charge in [-0.3, -0.25) is 4.79 Å². The summed E-state index contributed by atoms with van der Waals surface area (Å²) in [6.45, 7) is 6.92. The Morgan fingerprint density at radius 3 is 2.96 bits per heavy atom. The quantitative estimate of drug-likeness (QED) is 0.673. The first-order valence-electron chi connectivity index (χ1n) is 10.6. The Morgan fingerprint density at radius 2 is 2.14 bits per heavy atom. The van der Waals surface area contributed by atoms with E-state index in [0.29, 0.717) is 5.92 Å². The number of nitrogens with zero attached hydrogens (tertiary/aromatic N) is 3. The van der Waals surface area contributed by atoms with Gasteiger partial charge in [-0.25, -0.2) is 4.98 Å². The number of H-pyrrole nitrogens is 1. The number of para-hydroxylation sites is 1. The van der Waals surface area contributed by atoms with Crippen LogP contribution >= 0.6 is 0 Å². The van der Waals surface area contributed by atoms with Crippen molar-refractivity contribution in [1.82, 2.24) is 19.4 Å². The number of piperidine rings is 1. The highest BCUT2D eigenvalue weighted by atomic mass is 16.2. The highest BCUT2D eigenvalue weighted by molar-refractivity contribution is 6.01. The van der Waals surface area contributed by atoms with Crippen LogP contribution in [-0.2, 0) is 13.0 Å². The molecule has 1 aromatic carbocycles. The number of carbonyl (C=O) groups excluding carboxylic acids is 1. The van der Waals surface area contributed by atoms with Gasteiger partial charge in [0.05, 0.1) is 0 Å². The van der Waals surface area contributed by atoms with Crippen LogP contribution in [0.4, 0.5) is 0 Å². The second-order valence-corrected chi connectivity index (χ2v) is 7.80. The van der Waals surface area contributed by atoms with Gasteiger partial charge in [-0.05, 0) is 37.3 Å². The summed E-state index contributed by atoms with van der Waals surface area (Å²) in [5.74, 6) is 1.58. The molecule has 1 amide bonds. The van der Waals surface area contributed by atoms with Crippen LogP contribution in [0.25, 0.3) is 10.9 Å². The van der Waals surface area contributed by atoms with Gasteiger partial charge in [0.2, 0.25) is 0 Å². The lowest BCUT2D eigenvalue weighted by Gasteiger charge is -2.32. The molecule has 2 aromatic heterocycles. The SMILES string of the molecule is CCCCn1ccnc1[C@H]1CCCN(C(=O)c2[nH]c3ccccc3c2CC)C1. The number of fused-ring (bicyclic) bond motifs is 1. The number of unbranched alkanes of at least 4 members (excludes halogenated alkanes) is 1. The fourth-order valence-electron chi connectivity index (χ4n) is 4.48. The summed E-state index contributed by atoms with van der Waals surface area (Å²) in [6.07, 6.45) is 9.29. The molecule has 1 aliphatic rings. The molecule has 5 nitrogen and oxygen atoms in total. The number of likely N-dealkylation sites (tertiary alicyclic amines) is 1. The van der Waals surface area contributed by atoms with Gasteiger partial charge >= 0.3 is 0 Å². The van der Waals surface area contributed by atoms with Crippen molar-refractivity contribution in [2.45, 2.75) is 58.4 Å². The largest absolute Gasteiger partial charge is 0.350 e. The molecule has 1 fully saturated rings. The minimum Gasteiger partial charge on any atom is -0.350 e. The van der Waals surface area contributed by atoms with Crippen molar-refractivity contribution in [1.29, 1.82) is 0 Å². The second-order valence-electron chi connectivity index (χ2n) is 7.80. The maximum absolute atomic E-state index is 13.4. The lowest BCUT2D eigenvalue weighted by atomic mass is 9.96. The zero-order valence-corrected chi connectivity index (χ0v) is 16.9. The van der Waals surface area contributed by atoms with Crippen LogP contribution in [0.1, 0.15) is 67.3 Å². The number of rotatable bonds is 6. The summed E-state index contributed by atoms with van der Waals surface area (Å²) in [7, 11) is 0. The Labute approximate surface area is 166 Å². The van der Waals surface area contributed by atoms with E-state index in [0.717, 1.165) is 73.3 Å². The molecule has 1 N–H and O–H groups in total. The van der Waals surface area contributed by atoms with Gasteiger partial charge in [0.1, 0.15) is 11.5 Å². The van der Waals surface area contributed by atoms with E-state index in [-0.39, 0.29) is 5.91 Å². The number of benzene rings is 1. The first-order valence-corrected chi connectivity index (χ1v) is 10.6. The van der Waals surface area contributed by atoms with Crippen LogP contribution < -0.4 is 0 Å². The fourth-order valence-corrected chi connectivity index (χ4v) is 4.48. The van der Waals surface area contributed by atoms with E-state index in [4.69, 9.17) is 0 Å². The summed E-state index contributed by atoms with van der Waals surface area (Å²) in [4.78, 5) is 23.4. The average Bonchev–Trinajstić information content (AvgIpc) is 3.36. The fraction of sp³-hybridized carbons (Fsp3) is 0.478. The molecule has 0 unspecified atom stereocenters. The number of carbonyl (C=O) groups is 1. The first-order chi connectivity index (χ1) is 13.7. The van der Waals surface area contributed by atoms with Gasteiger partial charge in [0, 0.05) is 48.8 Å². The third-order valence-electron chi connectivity index (χ3n) is 5.96. The number of aromatic amines is 1. The molecule has 0 bridgehead atoms. The summed E-state index contributed by atoms with van der Waals surface area (Å²) < 4.78 is 2.28. The average molecular weight is 379 g/mol. The zero-order valence-electron chi connectivity index (χ0n) is 16.9. The maximum Gasteiger partial charge on any atom is 0.270 e. The van der Waals surface area contributed by atoms with E-state index < -0.39 is 0 Å². The number of aromatic nitrogens is 3. The van der Waals surface area contributed by atoms with E-state index >= 15 is 0 Å². The van der Waals surface area contributed by atoms with Crippen LogP contribution in [0, 0.1) is 0 Å². The predicted molar refractivity (Wildman–Crippen MR) is 113 cm³/mol. The molecular weight excluding hydrogens is 348 g/mol. The molecule has 3 aromatic rings. The molecule has 1 saturated heterocycles. The van der Waals surface area contributed by atoms with Crippen molar-refractivity contribution in [3.63, 3.8) is 0 Å². The van der Waals surface area contributed by atoms with Crippen molar-refractivity contribution < 1.29 is 4.79 Å². The van der Waals surface area contributed by atoms with Crippen molar-refractivity contribution in [3.05, 3.63) is 53.7 Å². The third-order valence-corrected chi connectivity index (χ3v) is 5.96. The molecule has 5 heteroatoms. The summed E-state index contributed by atoms with van der Waals surface area (Å²) in [6, 6.07) is 8.20. The minimum atomic E-state index is 0.129. The lowest BCUT2D eigenvalue weighted by molar-refractivity contribution is 0.0697. The lowest BCUT2D eigenvalue weighted by Crippen LogP contribution is -2.40. The van der Waals surface area contributed by atoms with E-state index in [1.807, 2.05) is 23.2 Å². The smallest absolute Gasteiger partial charge is 0.270 e. The molecule has 4 rings (SSSR count). The van der Waals surface area contributed by atoms with E-state index in [1.165, 1.54) is 6.42 Å². The number of hydrogen-bond donors (Lipinski definition) is 1. The molecule has 0 saturated carbocycles. The van der Waals surface area contributed by atoms with Crippen molar-refractivity contribution in [2.75, 3.05) is 13.1 Å². The molecule has 0 spiro atoms. The Balaban J connectivity index is 1.57. The maximum atomic E-state index is 13.4. The van der Waals surface area contributed by atoms with Crippen LogP contribution in [-0.4, -0.2) is 38.4 Å². The molecule has 3 heterocycles. The number of hydrogen-bond acceptors (Lipinski definition) is 2. The summed E-state index contributed by atoms with van der Waals surface area (Å²) >= 11 is 0. The first kappa shape index (κ1) is 18.8. The van der Waals surface area contributed by atoms with Crippen LogP contribution in [0.5, 0.6) is 0 Å². The minimum absolute atomic E-state index is 0.129. The number of aryl methyl sites for hydroxylation is 2. The standard InChI is InChI=1S/C23H30N4O/c1-3-5-13-26-15-12-24-22(26)17-9-8-14-27(16-17)23(28)21-18(4-2)19-10-6-7-11-20(19)25-21/h6-7,10-12,15,17,25H,3-5,8-9,13-14,16H2,1-2H3/t17-/m0/s1. The predicted octanol–water partition coefficient (Wildman–Crippen LogP) is 4.75. The van der Waals surface area contributed by atoms with Gasteiger partial charge in [0.15, 0.2) is 0 Å². The summed E-state index contributed by atoms with van der Waals surface area (Å²) in [5, 5.41) is 1.16. The molecule has 148 valence electrons. The van der Waals surface area contributed by atoms with E-state index in [1.54, 1.807) is 0 Å². The normalized spacial score (nSPS) is 17.4. The van der Waals surface area contributed by atoms with Gasteiger partial charge < -0.3 is 14.5 Å². The van der Waals surface area contributed by atoms with Crippen molar-refractivity contribution in [3.8, 4) is 0 Å². The molecule has 0 aliphatic carbocycles. The highest BCUT2D eigenvalue weighted by Gasteiger charge is 2.29. The van der Waals surface area contributed by atoms with Crippen molar-refractivity contribution >= 4 is 16.8 Å². The van der Waals surface area contributed by atoms with Crippen LogP contribution in [0.15, 0.2) is 36.7 Å². The Morgan fingerprint density at radius 1 is 1.29 bits per heavy atom. The zero-order chi connectivity index (χ0) is 19.5. The summed E-state index contributed by atoms with van der Waals surface area (Å²) in [5.41, 5.74) is 2.94. The molecule has 28 heavy (non-hydrogen) atoms. The van der Waals surface area contributed by atoms with Crippen LogP contribution in [0.2, 0.25) is 0 Å². The van der Waals surface area contributed by atoms with Gasteiger partial charge in [-0.2, -0.15) is 0 Å². The number of imidazole rings is 1. The van der Waals surface area contributed by atoms with Crippen LogP contribution in [0.3, 0.4) is 0 Å². The monoisotopic (exact) mass is 378 g/mol. The van der Waals surface area contributed by atoms with Gasteiger partial charge in [-0.15, -0.1) is 0 Å².